The van der Waals surface area contributed by atoms with Gasteiger partial charge < -0.3 is 24.4 Å². The van der Waals surface area contributed by atoms with Crippen molar-refractivity contribution in [1.29, 1.82) is 0 Å². The number of halogens is 2. The topological polar surface area (TPSA) is 72.9 Å². The molecule has 0 saturated carbocycles. The number of hydrogen-bond donors (Lipinski definition) is 1. The van der Waals surface area contributed by atoms with E-state index >= 15 is 0 Å². The van der Waals surface area contributed by atoms with Gasteiger partial charge in [-0.2, -0.15) is 0 Å². The second-order valence-corrected chi connectivity index (χ2v) is 8.76. The summed E-state index contributed by atoms with van der Waals surface area (Å²) in [6.45, 7) is 1.65. The van der Waals surface area contributed by atoms with E-state index in [-0.39, 0.29) is 12.0 Å². The van der Waals surface area contributed by atoms with Gasteiger partial charge in [-0.25, -0.2) is 4.98 Å². The molecule has 0 atom stereocenters. The molecule has 1 aliphatic rings. The van der Waals surface area contributed by atoms with E-state index in [1.165, 1.54) is 0 Å². The number of methoxy groups -OCH3 is 3. The van der Waals surface area contributed by atoms with Crippen molar-refractivity contribution in [2.24, 2.45) is 0 Å². The fourth-order valence-electron chi connectivity index (χ4n) is 3.78. The Morgan fingerprint density at radius 3 is 2.35 bits per heavy atom. The van der Waals surface area contributed by atoms with Crippen molar-refractivity contribution in [2.75, 3.05) is 39.3 Å². The number of aromatic nitrogens is 1. The molecule has 9 heteroatoms. The van der Waals surface area contributed by atoms with Crippen molar-refractivity contribution in [3.05, 3.63) is 69.8 Å². The Bertz CT molecular complexity index is 1180. The molecule has 178 valence electrons. The normalized spacial score (nSPS) is 13.4. The third-order valence-corrected chi connectivity index (χ3v) is 6.13. The minimum atomic E-state index is -0.242. The Kier molecular flexibility index (Phi) is 7.46. The lowest BCUT2D eigenvalue weighted by Crippen LogP contribution is -2.52. The summed E-state index contributed by atoms with van der Waals surface area (Å²) in [6.07, 6.45) is 1.85. The summed E-state index contributed by atoms with van der Waals surface area (Å²) < 4.78 is 16.0. The van der Waals surface area contributed by atoms with Gasteiger partial charge in [0.15, 0.2) is 11.5 Å². The quantitative estimate of drug-likeness (QED) is 0.476. The van der Waals surface area contributed by atoms with Crippen LogP contribution in [0.2, 0.25) is 10.0 Å². The van der Waals surface area contributed by atoms with E-state index in [9.17, 15) is 4.79 Å². The number of carbonyl (C=O) groups excluding carboxylic acids is 1. The Morgan fingerprint density at radius 1 is 1.00 bits per heavy atom. The van der Waals surface area contributed by atoms with Crippen LogP contribution in [-0.2, 0) is 11.3 Å². The summed E-state index contributed by atoms with van der Waals surface area (Å²) >= 11 is 12.4. The molecule has 1 amide bonds. The summed E-state index contributed by atoms with van der Waals surface area (Å²) in [6, 6.07) is 12.6. The smallest absolute Gasteiger partial charge is 0.255 e. The van der Waals surface area contributed by atoms with E-state index in [1.54, 1.807) is 45.7 Å². The summed E-state index contributed by atoms with van der Waals surface area (Å²) in [4.78, 5) is 20.0. The van der Waals surface area contributed by atoms with E-state index < -0.39 is 0 Å². The van der Waals surface area contributed by atoms with Crippen LogP contribution in [-0.4, -0.2) is 51.4 Å². The molecule has 0 bridgehead atoms. The van der Waals surface area contributed by atoms with Gasteiger partial charge in [0, 0.05) is 48.5 Å². The second-order valence-electron chi connectivity index (χ2n) is 7.89. The molecule has 1 saturated heterocycles. The minimum Gasteiger partial charge on any atom is -0.493 e. The minimum absolute atomic E-state index is 0.121. The van der Waals surface area contributed by atoms with Crippen molar-refractivity contribution < 1.29 is 19.0 Å². The van der Waals surface area contributed by atoms with E-state index in [0.29, 0.717) is 52.6 Å². The summed E-state index contributed by atoms with van der Waals surface area (Å²) in [5, 5.41) is 4.01. The van der Waals surface area contributed by atoms with Crippen molar-refractivity contribution in [1.82, 2.24) is 10.3 Å². The molecule has 4 rings (SSSR count). The van der Waals surface area contributed by atoms with Crippen LogP contribution in [0.5, 0.6) is 11.5 Å². The summed E-state index contributed by atoms with van der Waals surface area (Å²) in [5.41, 5.74) is 2.86. The number of ether oxygens (including phenoxy) is 3. The predicted octanol–water partition coefficient (Wildman–Crippen LogP) is 4.84. The first kappa shape index (κ1) is 24.1. The molecule has 2 heterocycles. The molecule has 2 aromatic carbocycles. The van der Waals surface area contributed by atoms with E-state index in [0.717, 1.165) is 16.7 Å². The molecule has 0 radical (unpaired) electrons. The molecule has 1 N–H and O–H groups in total. The van der Waals surface area contributed by atoms with Gasteiger partial charge in [-0.1, -0.05) is 29.3 Å². The summed E-state index contributed by atoms with van der Waals surface area (Å²) in [7, 11) is 4.84. The van der Waals surface area contributed by atoms with Gasteiger partial charge in [-0.3, -0.25) is 4.79 Å². The Morgan fingerprint density at radius 2 is 1.71 bits per heavy atom. The molecular weight excluding hydrogens is 477 g/mol. The Hall–Kier alpha value is -3.00. The molecule has 1 aliphatic heterocycles. The van der Waals surface area contributed by atoms with Gasteiger partial charge in [-0.15, -0.1) is 0 Å². The van der Waals surface area contributed by atoms with Gasteiger partial charge in [0.2, 0.25) is 0 Å². The van der Waals surface area contributed by atoms with Crippen LogP contribution in [0.25, 0.3) is 11.1 Å². The highest BCUT2D eigenvalue weighted by molar-refractivity contribution is 6.35. The highest BCUT2D eigenvalue weighted by Gasteiger charge is 2.31. The molecule has 7 nitrogen and oxygen atoms in total. The average Bonchev–Trinajstić information content (AvgIpc) is 2.81. The van der Waals surface area contributed by atoms with Gasteiger partial charge >= 0.3 is 0 Å². The molecule has 0 spiro atoms. The number of carbonyl (C=O) groups is 1. The van der Waals surface area contributed by atoms with E-state index in [2.05, 4.69) is 10.3 Å². The molecule has 1 aromatic heterocycles. The molecule has 0 unspecified atom stereocenters. The number of benzene rings is 2. The third-order valence-electron chi connectivity index (χ3n) is 5.69. The number of hydrogen-bond acceptors (Lipinski definition) is 6. The maximum absolute atomic E-state index is 13.3. The number of nitrogens with zero attached hydrogens (tertiary/aromatic N) is 2. The molecule has 3 aromatic rings. The fraction of sp³-hybridized carbons (Fsp3) is 0.280. The lowest BCUT2D eigenvalue weighted by Gasteiger charge is -2.39. The van der Waals surface area contributed by atoms with Crippen LogP contribution in [0, 0.1) is 0 Å². The lowest BCUT2D eigenvalue weighted by molar-refractivity contribution is 0.0778. The monoisotopic (exact) mass is 501 g/mol. The molecular formula is C25H25Cl2N3O4. The number of pyridine rings is 1. The zero-order valence-corrected chi connectivity index (χ0v) is 20.6. The zero-order valence-electron chi connectivity index (χ0n) is 19.1. The third kappa shape index (κ3) is 5.22. The molecule has 0 aliphatic carbocycles. The van der Waals surface area contributed by atoms with E-state index in [4.69, 9.17) is 37.4 Å². The highest BCUT2D eigenvalue weighted by Crippen LogP contribution is 2.32. The van der Waals surface area contributed by atoms with E-state index in [1.807, 2.05) is 29.2 Å². The van der Waals surface area contributed by atoms with Crippen LogP contribution in [0.4, 0.5) is 5.82 Å². The zero-order chi connectivity index (χ0) is 24.2. The largest absolute Gasteiger partial charge is 0.493 e. The highest BCUT2D eigenvalue weighted by atomic mass is 35.5. The first-order valence-electron chi connectivity index (χ1n) is 10.6. The van der Waals surface area contributed by atoms with Crippen molar-refractivity contribution >= 4 is 34.9 Å². The van der Waals surface area contributed by atoms with Crippen molar-refractivity contribution in [3.8, 4) is 22.6 Å². The number of nitrogens with one attached hydrogen (secondary N) is 1. The molecule has 34 heavy (non-hydrogen) atoms. The number of rotatable bonds is 8. The maximum Gasteiger partial charge on any atom is 0.255 e. The van der Waals surface area contributed by atoms with Crippen LogP contribution >= 0.6 is 23.2 Å². The molecule has 1 fully saturated rings. The van der Waals surface area contributed by atoms with Gasteiger partial charge in [-0.05, 0) is 47.5 Å². The Balaban J connectivity index is 1.61. The van der Waals surface area contributed by atoms with Gasteiger partial charge in [0.1, 0.15) is 5.82 Å². The second kappa shape index (κ2) is 10.5. The maximum atomic E-state index is 13.3. The summed E-state index contributed by atoms with van der Waals surface area (Å²) in [5.74, 6) is 1.59. The van der Waals surface area contributed by atoms with Gasteiger partial charge in [0.25, 0.3) is 5.91 Å². The van der Waals surface area contributed by atoms with Crippen LogP contribution in [0.3, 0.4) is 0 Å². The van der Waals surface area contributed by atoms with Gasteiger partial charge in [0.05, 0.1) is 25.9 Å². The average molecular weight is 502 g/mol. The van der Waals surface area contributed by atoms with Crippen molar-refractivity contribution in [3.63, 3.8) is 0 Å². The predicted molar refractivity (Wildman–Crippen MR) is 133 cm³/mol. The van der Waals surface area contributed by atoms with Crippen LogP contribution < -0.4 is 19.7 Å². The number of amides is 1. The number of anilines is 1. The van der Waals surface area contributed by atoms with Crippen LogP contribution in [0.1, 0.15) is 15.9 Å². The van der Waals surface area contributed by atoms with Crippen molar-refractivity contribution in [2.45, 2.75) is 12.6 Å². The fourth-order valence-corrected chi connectivity index (χ4v) is 4.31. The standard InChI is InChI=1S/C25H25Cl2N3O4/c1-32-20-13-30(14-20)24-21(9-17(12-28-24)16-7-18(26)10-19(27)8-16)25(31)29-11-15-4-5-22(33-2)23(6-15)34-3/h4-10,12,20H,11,13-14H2,1-3H3,(H,29,31). The lowest BCUT2D eigenvalue weighted by atomic mass is 10.0. The SMILES string of the molecule is COc1ccc(CNC(=O)c2cc(-c3cc(Cl)cc(Cl)c3)cnc2N2CC(OC)C2)cc1OC. The Labute approximate surface area is 208 Å². The first-order chi connectivity index (χ1) is 16.4. The van der Waals surface area contributed by atoms with Crippen LogP contribution in [0.15, 0.2) is 48.7 Å². The first-order valence-corrected chi connectivity index (χ1v) is 11.4.